The van der Waals surface area contributed by atoms with Gasteiger partial charge in [0.15, 0.2) is 6.04 Å². The highest BCUT2D eigenvalue weighted by molar-refractivity contribution is 6.04. The van der Waals surface area contributed by atoms with Crippen LogP contribution in [0.25, 0.3) is 67.0 Å². The summed E-state index contributed by atoms with van der Waals surface area (Å²) in [6.45, 7) is 2.63. The molecule has 7 N–H and O–H groups in total. The quantitative estimate of drug-likeness (QED) is 0.0275. The molecule has 8 fully saturated rings. The van der Waals surface area contributed by atoms with Gasteiger partial charge in [0, 0.05) is 109 Å². The van der Waals surface area contributed by atoms with Crippen molar-refractivity contribution in [2.24, 2.45) is 33.7 Å². The van der Waals surface area contributed by atoms with Gasteiger partial charge < -0.3 is 79.5 Å². The van der Waals surface area contributed by atoms with Crippen molar-refractivity contribution in [1.29, 1.82) is 0 Å². The first-order valence-electron chi connectivity index (χ1n) is 48.1. The number of imidazole rings is 2. The van der Waals surface area contributed by atoms with Crippen LogP contribution in [0.3, 0.4) is 0 Å². The number of halogens is 4. The van der Waals surface area contributed by atoms with Gasteiger partial charge in [-0.3, -0.25) is 24.4 Å². The number of H-pyrrole nitrogens is 2. The monoisotopic (exact) mass is 1890 g/mol. The molecule has 10 aromatic rings. The zero-order valence-electron chi connectivity index (χ0n) is 77.5. The number of nitrogens with zero attached hydrogens (tertiary/aromatic N) is 7. The summed E-state index contributed by atoms with van der Waals surface area (Å²) < 4.78 is 96.3. The van der Waals surface area contributed by atoms with Gasteiger partial charge in [0.1, 0.15) is 29.8 Å². The molecule has 4 bridgehead atoms. The van der Waals surface area contributed by atoms with E-state index in [1.54, 1.807) is 102 Å². The lowest BCUT2D eigenvalue weighted by Gasteiger charge is -2.40. The summed E-state index contributed by atoms with van der Waals surface area (Å²) >= 11 is 0. The van der Waals surface area contributed by atoms with Crippen molar-refractivity contribution in [1.82, 2.24) is 55.9 Å². The van der Waals surface area contributed by atoms with Crippen molar-refractivity contribution in [3.05, 3.63) is 238 Å². The van der Waals surface area contributed by atoms with E-state index in [2.05, 4.69) is 52.0 Å². The molecule has 22 rings (SSSR count). The van der Waals surface area contributed by atoms with Gasteiger partial charge in [-0.15, -0.1) is 0 Å². The van der Waals surface area contributed by atoms with E-state index in [9.17, 15) is 38.4 Å². The largest absolute Gasteiger partial charge is 0.479 e. The van der Waals surface area contributed by atoms with Crippen LogP contribution in [0.4, 0.5) is 48.1 Å². The first-order valence-corrected chi connectivity index (χ1v) is 48.1. The number of rotatable bonds is 20. The zero-order chi connectivity index (χ0) is 96.2. The summed E-state index contributed by atoms with van der Waals surface area (Å²) in [5.74, 6) is -5.68. The maximum atomic E-state index is 16.7. The molecule has 8 aromatic carbocycles. The summed E-state index contributed by atoms with van der Waals surface area (Å²) in [7, 11) is 5.05. The van der Waals surface area contributed by atoms with Crippen molar-refractivity contribution in [3.8, 4) is 67.0 Å². The van der Waals surface area contributed by atoms with Gasteiger partial charge >= 0.3 is 30.3 Å². The van der Waals surface area contributed by atoms with E-state index in [0.29, 0.717) is 151 Å². The maximum absolute atomic E-state index is 16.7. The van der Waals surface area contributed by atoms with E-state index in [1.807, 2.05) is 82.6 Å². The molecule has 139 heavy (non-hydrogen) atoms. The first kappa shape index (κ1) is 92.8. The molecule has 0 spiro atoms. The molecule has 12 aliphatic rings. The number of alkyl carbamates (subject to hydrolysis) is 4. The number of aromatic amines is 2. The maximum Gasteiger partial charge on any atom is 0.407 e. The third-order valence-corrected chi connectivity index (χ3v) is 30.5. The second-order valence-electron chi connectivity index (χ2n) is 38.2. The Hall–Kier alpha value is -13.9. The molecular formula is C107H109F4N13O15. The average molecular weight is 1890 g/mol. The minimum Gasteiger partial charge on any atom is -0.479 e. The lowest BCUT2D eigenvalue weighted by molar-refractivity contribution is -0.140. The number of aromatic nitrogens is 4. The lowest BCUT2D eigenvalue weighted by atomic mass is 9.88. The normalized spacial score (nSPS) is 22.2. The minimum atomic E-state index is -3.29. The topological polar surface area (TPSA) is 352 Å². The number of piperidine rings is 2. The molecule has 3 saturated carbocycles. The van der Waals surface area contributed by atoms with E-state index in [1.165, 1.54) is 47.3 Å². The molecule has 5 saturated heterocycles. The number of hydrogen-bond acceptors (Lipinski definition) is 18. The molecule has 0 radical (unpaired) electrons. The van der Waals surface area contributed by atoms with E-state index in [0.717, 1.165) is 120 Å². The number of alkyl halides is 4. The number of fused-ring (bicyclic) bond motifs is 12. The first-order chi connectivity index (χ1) is 67.4. The lowest BCUT2D eigenvalue weighted by Crippen LogP contribution is -2.58. The van der Waals surface area contributed by atoms with Crippen LogP contribution in [-0.2, 0) is 72.3 Å². The molecule has 720 valence electrons. The number of carbonyl (C=O) groups excluding carboxylic acids is 7. The van der Waals surface area contributed by atoms with Gasteiger partial charge in [0.2, 0.25) is 11.8 Å². The van der Waals surface area contributed by atoms with Gasteiger partial charge in [-0.1, -0.05) is 134 Å². The molecule has 0 unspecified atom stereocenters. The Morgan fingerprint density at radius 3 is 1.26 bits per heavy atom. The van der Waals surface area contributed by atoms with Crippen LogP contribution in [0.15, 0.2) is 192 Å². The molecule has 7 amide bonds. The van der Waals surface area contributed by atoms with Crippen LogP contribution in [0.2, 0.25) is 0 Å². The van der Waals surface area contributed by atoms with E-state index in [4.69, 9.17) is 38.8 Å². The van der Waals surface area contributed by atoms with E-state index < -0.39 is 72.4 Å². The SMILES string of the molecule is COC(=O)N[C@@H](C(=O)O)c1ccccc1.COC(=O)N[C@H](C(=O)N1[C@@H]2CC[C@H](C2)[C@H]1C1=Nc2ccc(-c3ccc4c(c3)C(F)(F)c3cc(-c5cnc(C6CCCC6)[nH]5)ccc3-4)cc2C1)C1CCOCC1.COC(=O)N[C@H](C(=O)N1[C@@H]2CC[C@H](C2)[C@H]1C1=Nc2ccc(-c3ccc4c(c3)C(F)(F)c3cc(-c5cnc([C@@H]6CCCN6C(=O)[C@H](NC(=O)OC)c6ccccc6)[nH]5)ccc3-4)cc2C1)C1CCOCC1. The van der Waals surface area contributed by atoms with Crippen LogP contribution in [0.5, 0.6) is 0 Å². The highest BCUT2D eigenvalue weighted by Gasteiger charge is 2.56. The van der Waals surface area contributed by atoms with Gasteiger partial charge in [-0.05, 0) is 229 Å². The number of likely N-dealkylation sites (tertiary alicyclic amines) is 3. The summed E-state index contributed by atoms with van der Waals surface area (Å²) in [5.41, 5.74) is 14.1. The van der Waals surface area contributed by atoms with Crippen molar-refractivity contribution in [2.75, 3.05) is 61.4 Å². The standard InChI is InChI=1S/C53H53F2N7O7.C44H45F2N5O4.C10H11NO4/c1-67-51(65)59-45(29-7-4-3-5-8-29)49(63)61-20-6-9-44(61)48-56-28-43(58-48)33-12-16-38-37-15-11-32(25-39(37)53(54,55)40(38)26-33)31-13-17-41-35(23-31)27-42(57-41)47-34-10-14-36(24-34)62(47)50(64)46(60-52(66)68-2)30-18-21-69-22-19-30;1-54-43(53)50-39(24-14-16-55-17-15-24)42(52)51-31-10-6-29(19-31)40(51)37-22-30-18-26(9-13-36(30)48-37)27-7-11-32-33-12-8-28(21-35(33)44(45,46)34(32)20-27)38-23-47-41(49-38)25-4-2-3-5-25;1-15-10(14)11-8(9(12)13)7-5-3-2-4-6-7/h3-5,7-8,11-13,15-17,23,25-26,28,30,34,36,44-47H,6,9-10,14,18-22,24,27H2,1-2H3,(H,56,58)(H,59,65)(H,60,66);7-9,11-13,18,20-21,23-25,29,31,39-40H,2-6,10,14-17,19,22H2,1H3,(H,47,49)(H,50,53);2-6,8H,1H3,(H,11,14)(H,12,13)/t34-,36-,44+,45-,46+,47+;29-,31-,39+,40+;8-/m111/s1. The highest BCUT2D eigenvalue weighted by Crippen LogP contribution is 2.57. The summed E-state index contributed by atoms with van der Waals surface area (Å²) in [6.07, 6.45) is 16.1. The van der Waals surface area contributed by atoms with Gasteiger partial charge in [-0.2, -0.15) is 17.6 Å². The van der Waals surface area contributed by atoms with E-state index >= 15 is 17.6 Å². The van der Waals surface area contributed by atoms with Crippen LogP contribution in [-0.4, -0.2) is 197 Å². The van der Waals surface area contributed by atoms with Crippen LogP contribution in [0, 0.1) is 23.7 Å². The molecule has 9 heterocycles. The Morgan fingerprint density at radius 2 is 0.820 bits per heavy atom. The molecule has 7 aliphatic heterocycles. The fourth-order valence-electron chi connectivity index (χ4n) is 23.6. The summed E-state index contributed by atoms with van der Waals surface area (Å²) in [5, 5.41) is 19.5. The Bertz CT molecular complexity index is 6490. The molecule has 32 heteroatoms. The number of carboxylic acids is 1. The number of ether oxygens (including phenoxy) is 6. The number of amides is 7. The van der Waals surface area contributed by atoms with Crippen LogP contribution < -0.4 is 21.3 Å². The third-order valence-electron chi connectivity index (χ3n) is 30.5. The molecular weight excluding hydrogens is 1780 g/mol. The minimum absolute atomic E-state index is 0.0154. The van der Waals surface area contributed by atoms with Crippen molar-refractivity contribution in [2.45, 2.75) is 188 Å². The number of methoxy groups -OCH3 is 4. The van der Waals surface area contributed by atoms with Crippen molar-refractivity contribution >= 4 is 70.9 Å². The van der Waals surface area contributed by atoms with Gasteiger partial charge in [0.25, 0.3) is 17.8 Å². The predicted molar refractivity (Wildman–Crippen MR) is 509 cm³/mol. The number of nitrogens with one attached hydrogen (secondary N) is 6. The molecule has 11 atom stereocenters. The average Bonchev–Trinajstić information content (AvgIpc) is 1.60. The van der Waals surface area contributed by atoms with Crippen LogP contribution in [0.1, 0.15) is 183 Å². The van der Waals surface area contributed by atoms with Gasteiger partial charge in [0.05, 0.1) is 81.7 Å². The molecule has 5 aliphatic carbocycles. The predicted octanol–water partition coefficient (Wildman–Crippen LogP) is 18.6. The highest BCUT2D eigenvalue weighted by atomic mass is 19.3. The number of aliphatic carboxylic acids is 1. The number of benzene rings is 8. The summed E-state index contributed by atoms with van der Waals surface area (Å²) in [4.78, 5) is 134. The van der Waals surface area contributed by atoms with Gasteiger partial charge in [-0.25, -0.2) is 33.9 Å². The number of carboxylic acid groups (broad SMARTS) is 1. The summed E-state index contributed by atoms with van der Waals surface area (Å²) in [6, 6.07) is 46.2. The van der Waals surface area contributed by atoms with Crippen molar-refractivity contribution in [3.63, 3.8) is 0 Å². The third kappa shape index (κ3) is 18.0. The fraction of sp³-hybridized carbons (Fsp3) is 0.402. The van der Waals surface area contributed by atoms with Crippen LogP contribution >= 0.6 is 0 Å². The molecule has 28 nitrogen and oxygen atoms in total. The Labute approximate surface area is 800 Å². The van der Waals surface area contributed by atoms with E-state index in [-0.39, 0.29) is 81.9 Å². The number of carbonyl (C=O) groups is 8. The fourth-order valence-corrected chi connectivity index (χ4v) is 23.6. The Morgan fingerprint density at radius 1 is 0.432 bits per heavy atom. The smallest absolute Gasteiger partial charge is 0.407 e. The molecule has 2 aromatic heterocycles. The number of aliphatic imine (C=N–C) groups is 2. The number of hydrogen-bond donors (Lipinski definition) is 7. The second-order valence-corrected chi connectivity index (χ2v) is 38.2. The second kappa shape index (κ2) is 38.8. The van der Waals surface area contributed by atoms with Crippen molar-refractivity contribution < 1.29 is 89.4 Å². The Balaban J connectivity index is 0.000000151. The zero-order valence-corrected chi connectivity index (χ0v) is 77.5. The Kier molecular flexibility index (Phi) is 25.9.